The van der Waals surface area contributed by atoms with Gasteiger partial charge in [0, 0.05) is 6.61 Å². The zero-order chi connectivity index (χ0) is 10.6. The summed E-state index contributed by atoms with van der Waals surface area (Å²) in [5.41, 5.74) is 9.71. The molecule has 78 valence electrons. The van der Waals surface area contributed by atoms with E-state index in [9.17, 15) is 0 Å². The van der Waals surface area contributed by atoms with Crippen LogP contribution in [-0.4, -0.2) is 13.2 Å². The van der Waals surface area contributed by atoms with Crippen molar-refractivity contribution >= 4 is 0 Å². The highest BCUT2D eigenvalue weighted by Crippen LogP contribution is 2.17. The zero-order valence-electron chi connectivity index (χ0n) is 9.21. The fourth-order valence-electron chi connectivity index (χ4n) is 1.58. The van der Waals surface area contributed by atoms with E-state index >= 15 is 0 Å². The van der Waals surface area contributed by atoms with Crippen molar-refractivity contribution in [3.05, 3.63) is 34.9 Å². The van der Waals surface area contributed by atoms with Gasteiger partial charge in [-0.2, -0.15) is 0 Å². The maximum absolute atomic E-state index is 6.01. The van der Waals surface area contributed by atoms with Crippen LogP contribution < -0.4 is 5.73 Å². The first-order valence-electron chi connectivity index (χ1n) is 5.05. The van der Waals surface area contributed by atoms with E-state index in [-0.39, 0.29) is 6.04 Å². The Bertz CT molecular complexity index is 296. The van der Waals surface area contributed by atoms with Crippen LogP contribution in [0.5, 0.6) is 0 Å². The highest BCUT2D eigenvalue weighted by molar-refractivity contribution is 5.32. The monoisotopic (exact) mass is 193 g/mol. The van der Waals surface area contributed by atoms with E-state index in [1.165, 1.54) is 16.7 Å². The van der Waals surface area contributed by atoms with Gasteiger partial charge in [0.15, 0.2) is 0 Å². The molecule has 2 nitrogen and oxygen atoms in total. The third-order valence-corrected chi connectivity index (χ3v) is 2.33. The van der Waals surface area contributed by atoms with Crippen LogP contribution in [0.4, 0.5) is 0 Å². The first-order chi connectivity index (χ1) is 6.65. The Balaban J connectivity index is 2.74. The smallest absolute Gasteiger partial charge is 0.0659 e. The zero-order valence-corrected chi connectivity index (χ0v) is 9.21. The minimum atomic E-state index is -0.00412. The third-order valence-electron chi connectivity index (χ3n) is 2.33. The summed E-state index contributed by atoms with van der Waals surface area (Å²) in [5.74, 6) is 0. The number of hydrogen-bond donors (Lipinski definition) is 1. The van der Waals surface area contributed by atoms with Crippen LogP contribution in [0, 0.1) is 13.8 Å². The standard InChI is InChI=1S/C12H19NO/c1-4-14-8-12(13)11-6-5-9(2)7-10(11)3/h5-7,12H,4,8,13H2,1-3H3. The normalized spacial score (nSPS) is 12.9. The number of hydrogen-bond acceptors (Lipinski definition) is 2. The molecule has 14 heavy (non-hydrogen) atoms. The summed E-state index contributed by atoms with van der Waals surface area (Å²) < 4.78 is 5.31. The molecule has 2 N–H and O–H groups in total. The molecule has 0 radical (unpaired) electrons. The van der Waals surface area contributed by atoms with Gasteiger partial charge in [-0.15, -0.1) is 0 Å². The molecule has 2 heteroatoms. The number of ether oxygens (including phenoxy) is 1. The molecule has 0 spiro atoms. The summed E-state index contributed by atoms with van der Waals surface area (Å²) in [6, 6.07) is 6.33. The van der Waals surface area contributed by atoms with E-state index in [2.05, 4.69) is 32.0 Å². The molecule has 0 aliphatic heterocycles. The number of rotatable bonds is 4. The van der Waals surface area contributed by atoms with Crippen LogP contribution in [-0.2, 0) is 4.74 Å². The van der Waals surface area contributed by atoms with Gasteiger partial charge in [0.2, 0.25) is 0 Å². The second-order valence-corrected chi connectivity index (χ2v) is 3.63. The van der Waals surface area contributed by atoms with Crippen molar-refractivity contribution in [3.63, 3.8) is 0 Å². The van der Waals surface area contributed by atoms with Gasteiger partial charge < -0.3 is 10.5 Å². The molecular weight excluding hydrogens is 174 g/mol. The van der Waals surface area contributed by atoms with E-state index in [1.807, 2.05) is 6.92 Å². The molecule has 0 saturated carbocycles. The molecule has 0 aliphatic rings. The largest absolute Gasteiger partial charge is 0.380 e. The van der Waals surface area contributed by atoms with Crippen molar-refractivity contribution in [2.75, 3.05) is 13.2 Å². The summed E-state index contributed by atoms with van der Waals surface area (Å²) in [5, 5.41) is 0. The topological polar surface area (TPSA) is 35.2 Å². The van der Waals surface area contributed by atoms with Gasteiger partial charge >= 0.3 is 0 Å². The van der Waals surface area contributed by atoms with Gasteiger partial charge in [0.05, 0.1) is 12.6 Å². The first-order valence-corrected chi connectivity index (χ1v) is 5.05. The van der Waals surface area contributed by atoms with Crippen LogP contribution in [0.15, 0.2) is 18.2 Å². The van der Waals surface area contributed by atoms with E-state index in [0.717, 1.165) is 6.61 Å². The Morgan fingerprint density at radius 2 is 2.07 bits per heavy atom. The molecule has 0 bridgehead atoms. The van der Waals surface area contributed by atoms with Gasteiger partial charge in [-0.25, -0.2) is 0 Å². The second kappa shape index (κ2) is 5.13. The summed E-state index contributed by atoms with van der Waals surface area (Å²) in [7, 11) is 0. The van der Waals surface area contributed by atoms with Crippen molar-refractivity contribution in [3.8, 4) is 0 Å². The Labute approximate surface area is 86.1 Å². The van der Waals surface area contributed by atoms with Gasteiger partial charge in [-0.3, -0.25) is 0 Å². The van der Waals surface area contributed by atoms with E-state index in [4.69, 9.17) is 10.5 Å². The number of benzene rings is 1. The molecule has 1 aromatic carbocycles. The molecular formula is C12H19NO. The molecule has 0 heterocycles. The Hall–Kier alpha value is -0.860. The molecule has 1 rings (SSSR count). The van der Waals surface area contributed by atoms with Gasteiger partial charge in [-0.1, -0.05) is 23.8 Å². The molecule has 0 amide bonds. The molecule has 0 fully saturated rings. The lowest BCUT2D eigenvalue weighted by molar-refractivity contribution is 0.133. The maximum atomic E-state index is 6.01. The molecule has 1 unspecified atom stereocenters. The quantitative estimate of drug-likeness (QED) is 0.796. The maximum Gasteiger partial charge on any atom is 0.0659 e. The number of nitrogens with two attached hydrogens (primary N) is 1. The third kappa shape index (κ3) is 2.82. The molecule has 0 saturated heterocycles. The minimum absolute atomic E-state index is 0.00412. The highest BCUT2D eigenvalue weighted by Gasteiger charge is 2.08. The fraction of sp³-hybridized carbons (Fsp3) is 0.500. The Morgan fingerprint density at radius 3 is 2.64 bits per heavy atom. The summed E-state index contributed by atoms with van der Waals surface area (Å²) in [4.78, 5) is 0. The predicted molar refractivity (Wildman–Crippen MR) is 59.3 cm³/mol. The van der Waals surface area contributed by atoms with Crippen molar-refractivity contribution in [1.82, 2.24) is 0 Å². The first kappa shape index (κ1) is 11.2. The molecule has 0 aromatic heterocycles. The van der Waals surface area contributed by atoms with Gasteiger partial charge in [-0.05, 0) is 31.9 Å². The van der Waals surface area contributed by atoms with E-state index in [1.54, 1.807) is 0 Å². The van der Waals surface area contributed by atoms with Crippen LogP contribution in [0.3, 0.4) is 0 Å². The van der Waals surface area contributed by atoms with Crippen molar-refractivity contribution in [2.45, 2.75) is 26.8 Å². The predicted octanol–water partition coefficient (Wildman–Crippen LogP) is 2.34. The van der Waals surface area contributed by atoms with Crippen molar-refractivity contribution < 1.29 is 4.74 Å². The van der Waals surface area contributed by atoms with Crippen LogP contribution in [0.1, 0.15) is 29.7 Å². The summed E-state index contributed by atoms with van der Waals surface area (Å²) >= 11 is 0. The lowest BCUT2D eigenvalue weighted by atomic mass is 10.0. The molecule has 0 aliphatic carbocycles. The SMILES string of the molecule is CCOCC(N)c1ccc(C)cc1C. The van der Waals surface area contributed by atoms with Gasteiger partial charge in [0.1, 0.15) is 0 Å². The van der Waals surface area contributed by atoms with Crippen molar-refractivity contribution in [2.24, 2.45) is 5.73 Å². The minimum Gasteiger partial charge on any atom is -0.380 e. The Morgan fingerprint density at radius 1 is 1.36 bits per heavy atom. The van der Waals surface area contributed by atoms with Crippen LogP contribution >= 0.6 is 0 Å². The van der Waals surface area contributed by atoms with E-state index in [0.29, 0.717) is 6.61 Å². The Kier molecular flexibility index (Phi) is 4.11. The van der Waals surface area contributed by atoms with Crippen LogP contribution in [0.25, 0.3) is 0 Å². The lowest BCUT2D eigenvalue weighted by Crippen LogP contribution is -2.18. The fourth-order valence-corrected chi connectivity index (χ4v) is 1.58. The van der Waals surface area contributed by atoms with Crippen molar-refractivity contribution in [1.29, 1.82) is 0 Å². The molecule has 1 aromatic rings. The summed E-state index contributed by atoms with van der Waals surface area (Å²) in [6.07, 6.45) is 0. The summed E-state index contributed by atoms with van der Waals surface area (Å²) in [6.45, 7) is 7.48. The van der Waals surface area contributed by atoms with E-state index < -0.39 is 0 Å². The van der Waals surface area contributed by atoms with Crippen LogP contribution in [0.2, 0.25) is 0 Å². The highest BCUT2D eigenvalue weighted by atomic mass is 16.5. The number of aryl methyl sites for hydroxylation is 2. The molecule has 1 atom stereocenters. The average molecular weight is 193 g/mol. The second-order valence-electron chi connectivity index (χ2n) is 3.63. The lowest BCUT2D eigenvalue weighted by Gasteiger charge is -2.14. The van der Waals surface area contributed by atoms with Gasteiger partial charge in [0.25, 0.3) is 0 Å². The average Bonchev–Trinajstić information content (AvgIpc) is 2.14.